The van der Waals surface area contributed by atoms with E-state index >= 15 is 0 Å². The Labute approximate surface area is 117 Å². The van der Waals surface area contributed by atoms with Crippen molar-refractivity contribution >= 4 is 5.91 Å². The molecule has 6 nitrogen and oxygen atoms in total. The van der Waals surface area contributed by atoms with Gasteiger partial charge in [0.25, 0.3) is 11.5 Å². The Hall–Kier alpha value is -1.69. The molecular weight excluding hydrogens is 258 g/mol. The van der Waals surface area contributed by atoms with E-state index in [1.54, 1.807) is 13.8 Å². The number of hydrogen-bond donors (Lipinski definition) is 3. The van der Waals surface area contributed by atoms with Gasteiger partial charge in [0.1, 0.15) is 0 Å². The van der Waals surface area contributed by atoms with E-state index in [0.29, 0.717) is 17.3 Å². The summed E-state index contributed by atoms with van der Waals surface area (Å²) in [7, 11) is 0. The van der Waals surface area contributed by atoms with Gasteiger partial charge in [-0.1, -0.05) is 0 Å². The summed E-state index contributed by atoms with van der Waals surface area (Å²) < 4.78 is 0. The van der Waals surface area contributed by atoms with Gasteiger partial charge in [-0.15, -0.1) is 0 Å². The largest absolute Gasteiger partial charge is 0.396 e. The van der Waals surface area contributed by atoms with Crippen LogP contribution in [0.15, 0.2) is 4.79 Å². The fourth-order valence-electron chi connectivity index (χ4n) is 2.52. The Balaban J connectivity index is 2.02. The molecule has 3 N–H and O–H groups in total. The number of aryl methyl sites for hydroxylation is 2. The predicted octanol–water partition coefficient (Wildman–Crippen LogP) is 0.668. The van der Waals surface area contributed by atoms with Crippen LogP contribution in [0.1, 0.15) is 47.6 Å². The number of rotatable bonds is 3. The van der Waals surface area contributed by atoms with E-state index in [1.807, 2.05) is 0 Å². The molecule has 1 saturated carbocycles. The van der Waals surface area contributed by atoms with Crippen LogP contribution >= 0.6 is 0 Å². The maximum atomic E-state index is 12.1. The third kappa shape index (κ3) is 3.25. The summed E-state index contributed by atoms with van der Waals surface area (Å²) in [6.07, 6.45) is 3.47. The number of aromatic nitrogens is 2. The molecule has 0 radical (unpaired) electrons. The zero-order chi connectivity index (χ0) is 14.7. The molecule has 1 aromatic rings. The van der Waals surface area contributed by atoms with E-state index in [0.717, 1.165) is 25.7 Å². The van der Waals surface area contributed by atoms with Crippen LogP contribution in [0.3, 0.4) is 0 Å². The first-order valence-corrected chi connectivity index (χ1v) is 7.00. The van der Waals surface area contributed by atoms with Crippen LogP contribution in [0.5, 0.6) is 0 Å². The number of hydrogen-bond acceptors (Lipinski definition) is 4. The van der Waals surface area contributed by atoms with Gasteiger partial charge in [0.15, 0.2) is 5.69 Å². The highest BCUT2D eigenvalue weighted by molar-refractivity contribution is 5.92. The number of aromatic amines is 1. The molecule has 1 aromatic heterocycles. The Morgan fingerprint density at radius 2 is 2.00 bits per heavy atom. The van der Waals surface area contributed by atoms with Crippen molar-refractivity contribution in [2.75, 3.05) is 6.61 Å². The van der Waals surface area contributed by atoms with Crippen LogP contribution < -0.4 is 10.9 Å². The van der Waals surface area contributed by atoms with E-state index in [4.69, 9.17) is 5.11 Å². The number of H-pyrrole nitrogens is 1. The number of amides is 1. The molecule has 2 rings (SSSR count). The summed E-state index contributed by atoms with van der Waals surface area (Å²) in [6, 6.07) is 0.0631. The van der Waals surface area contributed by atoms with Crippen molar-refractivity contribution in [3.05, 3.63) is 27.4 Å². The van der Waals surface area contributed by atoms with Gasteiger partial charge in [-0.3, -0.25) is 9.59 Å². The summed E-state index contributed by atoms with van der Waals surface area (Å²) in [5.74, 6) is -0.0758. The quantitative estimate of drug-likeness (QED) is 0.757. The van der Waals surface area contributed by atoms with Crippen LogP contribution in [0, 0.1) is 19.8 Å². The summed E-state index contributed by atoms with van der Waals surface area (Å²) >= 11 is 0. The molecule has 1 aliphatic rings. The molecule has 0 saturated heterocycles. The highest BCUT2D eigenvalue weighted by atomic mass is 16.3. The monoisotopic (exact) mass is 279 g/mol. The molecule has 0 aromatic carbocycles. The lowest BCUT2D eigenvalue weighted by Gasteiger charge is -2.27. The molecule has 0 atom stereocenters. The smallest absolute Gasteiger partial charge is 0.279 e. The maximum absolute atomic E-state index is 12.1. The van der Waals surface area contributed by atoms with Crippen LogP contribution in [0.2, 0.25) is 0 Å². The first-order chi connectivity index (χ1) is 9.51. The second-order valence-corrected chi connectivity index (χ2v) is 5.50. The van der Waals surface area contributed by atoms with Gasteiger partial charge >= 0.3 is 0 Å². The number of carbonyl (C=O) groups excluding carboxylic acids is 1. The second-order valence-electron chi connectivity index (χ2n) is 5.50. The van der Waals surface area contributed by atoms with Crippen molar-refractivity contribution in [2.24, 2.45) is 5.92 Å². The zero-order valence-corrected chi connectivity index (χ0v) is 11.9. The molecule has 0 aliphatic heterocycles. The minimum Gasteiger partial charge on any atom is -0.396 e. The van der Waals surface area contributed by atoms with Gasteiger partial charge in [-0.05, 0) is 45.4 Å². The van der Waals surface area contributed by atoms with Gasteiger partial charge in [0.2, 0.25) is 0 Å². The lowest BCUT2D eigenvalue weighted by Crippen LogP contribution is -2.41. The normalized spacial score (nSPS) is 22.6. The minimum absolute atomic E-state index is 0.0631. The van der Waals surface area contributed by atoms with Gasteiger partial charge in [0, 0.05) is 18.3 Å². The molecule has 1 amide bonds. The van der Waals surface area contributed by atoms with Crippen LogP contribution in [0.25, 0.3) is 0 Å². The molecule has 110 valence electrons. The van der Waals surface area contributed by atoms with Gasteiger partial charge in [-0.2, -0.15) is 0 Å². The summed E-state index contributed by atoms with van der Waals surface area (Å²) in [4.78, 5) is 30.6. The van der Waals surface area contributed by atoms with Crippen LogP contribution in [-0.2, 0) is 0 Å². The minimum atomic E-state index is -0.449. The number of nitrogens with one attached hydrogen (secondary N) is 2. The molecule has 1 fully saturated rings. The number of aliphatic hydroxyl groups is 1. The predicted molar refractivity (Wildman–Crippen MR) is 74.6 cm³/mol. The fourth-order valence-corrected chi connectivity index (χ4v) is 2.52. The SMILES string of the molecule is Cc1nc(C(=O)NC2CCC(CO)CC2)c(=O)[nH]c1C. The second kappa shape index (κ2) is 6.17. The van der Waals surface area contributed by atoms with E-state index in [-0.39, 0.29) is 18.3 Å². The lowest BCUT2D eigenvalue weighted by molar-refractivity contribution is 0.0907. The van der Waals surface area contributed by atoms with E-state index in [2.05, 4.69) is 15.3 Å². The van der Waals surface area contributed by atoms with E-state index in [9.17, 15) is 9.59 Å². The average Bonchev–Trinajstić information content (AvgIpc) is 2.43. The van der Waals surface area contributed by atoms with Crippen molar-refractivity contribution in [1.29, 1.82) is 0 Å². The Kier molecular flexibility index (Phi) is 4.54. The van der Waals surface area contributed by atoms with Crippen molar-refractivity contribution in [3.63, 3.8) is 0 Å². The molecule has 20 heavy (non-hydrogen) atoms. The summed E-state index contributed by atoms with van der Waals surface area (Å²) in [6.45, 7) is 3.72. The highest BCUT2D eigenvalue weighted by Gasteiger charge is 2.23. The van der Waals surface area contributed by atoms with Gasteiger partial charge in [0.05, 0.1) is 5.69 Å². The Morgan fingerprint density at radius 3 is 2.60 bits per heavy atom. The van der Waals surface area contributed by atoms with Crippen LogP contribution in [-0.4, -0.2) is 33.6 Å². The molecule has 0 spiro atoms. The summed E-state index contributed by atoms with van der Waals surface area (Å²) in [5.41, 5.74) is 0.806. The van der Waals surface area contributed by atoms with Crippen molar-refractivity contribution in [3.8, 4) is 0 Å². The lowest BCUT2D eigenvalue weighted by atomic mass is 9.86. The van der Waals surface area contributed by atoms with Gasteiger partial charge < -0.3 is 15.4 Å². The third-order valence-electron chi connectivity index (χ3n) is 3.99. The van der Waals surface area contributed by atoms with E-state index < -0.39 is 11.5 Å². The molecular formula is C14H21N3O3. The van der Waals surface area contributed by atoms with Crippen molar-refractivity contribution in [1.82, 2.24) is 15.3 Å². The third-order valence-corrected chi connectivity index (χ3v) is 3.99. The maximum Gasteiger partial charge on any atom is 0.279 e. The topological polar surface area (TPSA) is 95.1 Å². The molecule has 6 heteroatoms. The number of carbonyl (C=O) groups is 1. The Bertz CT molecular complexity index is 545. The number of aliphatic hydroxyl groups excluding tert-OH is 1. The van der Waals surface area contributed by atoms with Crippen molar-refractivity contribution < 1.29 is 9.90 Å². The summed E-state index contributed by atoms with van der Waals surface area (Å²) in [5, 5.41) is 12.0. The standard InChI is InChI=1S/C14H21N3O3/c1-8-9(2)16-13(19)12(15-8)14(20)17-11-5-3-10(7-18)4-6-11/h10-11,18H,3-7H2,1-2H3,(H,16,19)(H,17,20). The zero-order valence-electron chi connectivity index (χ0n) is 11.9. The fraction of sp³-hybridized carbons (Fsp3) is 0.643. The highest BCUT2D eigenvalue weighted by Crippen LogP contribution is 2.23. The average molecular weight is 279 g/mol. The molecule has 0 unspecified atom stereocenters. The first kappa shape index (κ1) is 14.7. The van der Waals surface area contributed by atoms with Crippen LogP contribution in [0.4, 0.5) is 0 Å². The van der Waals surface area contributed by atoms with Crippen molar-refractivity contribution in [2.45, 2.75) is 45.6 Å². The number of nitrogens with zero attached hydrogens (tertiary/aromatic N) is 1. The molecule has 1 heterocycles. The van der Waals surface area contributed by atoms with E-state index in [1.165, 1.54) is 0 Å². The first-order valence-electron chi connectivity index (χ1n) is 7.00. The molecule has 1 aliphatic carbocycles. The van der Waals surface area contributed by atoms with Gasteiger partial charge in [-0.25, -0.2) is 4.98 Å². The Morgan fingerprint density at radius 1 is 1.35 bits per heavy atom. The molecule has 0 bridgehead atoms.